The summed E-state index contributed by atoms with van der Waals surface area (Å²) in [5, 5.41) is -0.378. The fraction of sp³-hybridized carbons (Fsp3) is 0.278. The number of hydrogen-bond acceptors (Lipinski definition) is 6. The molecule has 0 saturated heterocycles. The van der Waals surface area contributed by atoms with Crippen LogP contribution in [-0.2, 0) is 23.1 Å². The summed E-state index contributed by atoms with van der Waals surface area (Å²) in [4.78, 5) is 12.0. The lowest BCUT2D eigenvalue weighted by molar-refractivity contribution is -0.137. The summed E-state index contributed by atoms with van der Waals surface area (Å²) in [6.07, 6.45) is -2.73. The Labute approximate surface area is 186 Å². The van der Waals surface area contributed by atoms with E-state index >= 15 is 0 Å². The van der Waals surface area contributed by atoms with Crippen LogP contribution in [-0.4, -0.2) is 43.6 Å². The summed E-state index contributed by atoms with van der Waals surface area (Å²) in [5.74, 6) is -0.445. The van der Waals surface area contributed by atoms with Gasteiger partial charge in [0.05, 0.1) is 11.3 Å². The van der Waals surface area contributed by atoms with Gasteiger partial charge >= 0.3 is 11.7 Å². The number of aromatic nitrogens is 5. The van der Waals surface area contributed by atoms with Gasteiger partial charge in [-0.1, -0.05) is 6.92 Å². The van der Waals surface area contributed by atoms with Crippen molar-refractivity contribution in [3.63, 3.8) is 0 Å². The third-order valence-electron chi connectivity index (χ3n) is 4.71. The number of pyridine rings is 2. The molecular formula is C18H13F6N5O2S2. The molecule has 0 aromatic carbocycles. The van der Waals surface area contributed by atoms with Gasteiger partial charge in [0.15, 0.2) is 26.3 Å². The first-order valence-electron chi connectivity index (χ1n) is 9.12. The molecule has 176 valence electrons. The highest BCUT2D eigenvalue weighted by Gasteiger charge is 2.34. The van der Waals surface area contributed by atoms with E-state index in [0.29, 0.717) is 6.07 Å². The number of thioether (sulfide) groups is 1. The zero-order chi connectivity index (χ0) is 24.3. The van der Waals surface area contributed by atoms with Gasteiger partial charge in [-0.3, -0.25) is 4.40 Å². The second-order valence-electron chi connectivity index (χ2n) is 6.87. The summed E-state index contributed by atoms with van der Waals surface area (Å²) in [5.41, 5.74) is -5.90. The predicted molar refractivity (Wildman–Crippen MR) is 107 cm³/mol. The van der Waals surface area contributed by atoms with Gasteiger partial charge in [0.25, 0.3) is 0 Å². The molecule has 0 spiro atoms. The van der Waals surface area contributed by atoms with Crippen LogP contribution in [0.5, 0.6) is 0 Å². The lowest BCUT2D eigenvalue weighted by Gasteiger charge is -2.08. The molecule has 0 aliphatic carbocycles. The van der Waals surface area contributed by atoms with Crippen molar-refractivity contribution in [3.05, 3.63) is 36.2 Å². The molecule has 4 rings (SSSR count). The smallest absolute Gasteiger partial charge is 0.310 e. The SMILES string of the molecule is CCS(=O)(=O)c1c(-c2nc3cc(SC(F)(F)F)cnc3n2C)nc2cc(C(F)(F)F)ccn12. The van der Waals surface area contributed by atoms with E-state index in [4.69, 9.17) is 0 Å². The van der Waals surface area contributed by atoms with Crippen LogP contribution in [0, 0.1) is 0 Å². The topological polar surface area (TPSA) is 82.1 Å². The molecule has 7 nitrogen and oxygen atoms in total. The van der Waals surface area contributed by atoms with Crippen molar-refractivity contribution in [1.29, 1.82) is 0 Å². The third-order valence-corrected chi connectivity index (χ3v) is 7.14. The summed E-state index contributed by atoms with van der Waals surface area (Å²) in [6, 6.07) is 2.57. The van der Waals surface area contributed by atoms with E-state index in [2.05, 4.69) is 15.0 Å². The van der Waals surface area contributed by atoms with Crippen molar-refractivity contribution in [2.24, 2.45) is 7.05 Å². The Kier molecular flexibility index (Phi) is 5.39. The van der Waals surface area contributed by atoms with Gasteiger partial charge in [-0.05, 0) is 30.0 Å². The molecular weight excluding hydrogens is 496 g/mol. The van der Waals surface area contributed by atoms with Crippen molar-refractivity contribution < 1.29 is 34.8 Å². The Hall–Kier alpha value is -2.81. The minimum absolute atomic E-state index is 0.0367. The summed E-state index contributed by atoms with van der Waals surface area (Å²) < 4.78 is 106. The molecule has 0 bridgehead atoms. The highest BCUT2D eigenvalue weighted by molar-refractivity contribution is 8.00. The van der Waals surface area contributed by atoms with E-state index in [9.17, 15) is 34.8 Å². The van der Waals surface area contributed by atoms with E-state index in [0.717, 1.165) is 28.9 Å². The van der Waals surface area contributed by atoms with E-state index in [1.165, 1.54) is 18.5 Å². The molecule has 0 amide bonds. The van der Waals surface area contributed by atoms with Gasteiger partial charge in [-0.2, -0.15) is 26.3 Å². The van der Waals surface area contributed by atoms with Crippen molar-refractivity contribution in [3.8, 4) is 11.5 Å². The Bertz CT molecular complexity index is 1490. The fourth-order valence-corrected chi connectivity index (χ4v) is 4.94. The summed E-state index contributed by atoms with van der Waals surface area (Å²) >= 11 is -0.389. The van der Waals surface area contributed by atoms with Crippen molar-refractivity contribution in [2.45, 2.75) is 28.5 Å². The third kappa shape index (κ3) is 4.26. The average molecular weight is 509 g/mol. The quantitative estimate of drug-likeness (QED) is 0.293. The molecule has 15 heteroatoms. The number of imidazole rings is 2. The number of alkyl halides is 6. The monoisotopic (exact) mass is 509 g/mol. The number of rotatable bonds is 4. The minimum Gasteiger partial charge on any atom is -0.310 e. The van der Waals surface area contributed by atoms with Crippen LogP contribution in [0.25, 0.3) is 28.3 Å². The molecule has 4 heterocycles. The largest absolute Gasteiger partial charge is 0.446 e. The van der Waals surface area contributed by atoms with Crippen molar-refractivity contribution in [2.75, 3.05) is 5.75 Å². The summed E-state index contributed by atoms with van der Waals surface area (Å²) in [7, 11) is -2.56. The molecule has 4 aromatic heterocycles. The highest BCUT2D eigenvalue weighted by Crippen LogP contribution is 2.38. The standard InChI is InChI=1S/C18H13F6N5O2S2/c1-3-33(30,31)16-13(27-12-6-9(17(19,20)21)4-5-29(12)16)15-26-11-7-10(32-18(22,23)24)8-25-14(11)28(15)2/h4-8H,3H2,1-2H3. The maximum Gasteiger partial charge on any atom is 0.446 e. The van der Waals surface area contributed by atoms with E-state index in [1.54, 1.807) is 0 Å². The van der Waals surface area contributed by atoms with Crippen LogP contribution in [0.15, 0.2) is 40.5 Å². The van der Waals surface area contributed by atoms with Gasteiger partial charge in [-0.15, -0.1) is 0 Å². The van der Waals surface area contributed by atoms with Crippen LogP contribution >= 0.6 is 11.8 Å². The van der Waals surface area contributed by atoms with E-state index < -0.39 is 27.1 Å². The number of aryl methyl sites for hydroxylation is 1. The van der Waals surface area contributed by atoms with Crippen LogP contribution in [0.3, 0.4) is 0 Å². The first-order chi connectivity index (χ1) is 15.2. The Morgan fingerprint density at radius 1 is 1.09 bits per heavy atom. The van der Waals surface area contributed by atoms with Gasteiger partial charge in [0.2, 0.25) is 0 Å². The molecule has 0 fully saturated rings. The predicted octanol–water partition coefficient (Wildman–Crippen LogP) is 4.71. The van der Waals surface area contributed by atoms with Gasteiger partial charge < -0.3 is 4.57 Å². The Balaban J connectivity index is 1.98. The number of sulfone groups is 1. The molecule has 0 aliphatic heterocycles. The van der Waals surface area contributed by atoms with Gasteiger partial charge in [0.1, 0.15) is 16.9 Å². The first-order valence-corrected chi connectivity index (χ1v) is 11.6. The first kappa shape index (κ1) is 23.4. The maximum absolute atomic E-state index is 13.1. The number of nitrogens with zero attached hydrogens (tertiary/aromatic N) is 5. The highest BCUT2D eigenvalue weighted by atomic mass is 32.2. The molecule has 0 saturated carbocycles. The fourth-order valence-electron chi connectivity index (χ4n) is 3.24. The molecule has 0 aliphatic rings. The summed E-state index contributed by atoms with van der Waals surface area (Å²) in [6.45, 7) is 1.36. The molecule has 4 aromatic rings. The molecule has 0 unspecified atom stereocenters. The molecule has 0 N–H and O–H groups in total. The maximum atomic E-state index is 13.1. The molecule has 33 heavy (non-hydrogen) atoms. The zero-order valence-corrected chi connectivity index (χ0v) is 18.4. The lowest BCUT2D eigenvalue weighted by Crippen LogP contribution is -2.10. The second-order valence-corrected chi connectivity index (χ2v) is 10.2. The van der Waals surface area contributed by atoms with Gasteiger partial charge in [-0.25, -0.2) is 23.4 Å². The van der Waals surface area contributed by atoms with Crippen LogP contribution < -0.4 is 0 Å². The van der Waals surface area contributed by atoms with E-state index in [1.807, 2.05) is 0 Å². The Morgan fingerprint density at radius 3 is 2.39 bits per heavy atom. The van der Waals surface area contributed by atoms with Crippen LogP contribution in [0.4, 0.5) is 26.3 Å². The number of fused-ring (bicyclic) bond motifs is 2. The van der Waals surface area contributed by atoms with E-state index in [-0.39, 0.29) is 55.8 Å². The Morgan fingerprint density at radius 2 is 1.79 bits per heavy atom. The van der Waals surface area contributed by atoms with Crippen molar-refractivity contribution >= 4 is 38.4 Å². The van der Waals surface area contributed by atoms with Gasteiger partial charge in [0, 0.05) is 24.3 Å². The van der Waals surface area contributed by atoms with Crippen LogP contribution in [0.1, 0.15) is 12.5 Å². The zero-order valence-electron chi connectivity index (χ0n) is 16.7. The number of hydrogen-bond donors (Lipinski definition) is 0. The second kappa shape index (κ2) is 7.62. The van der Waals surface area contributed by atoms with Crippen LogP contribution in [0.2, 0.25) is 0 Å². The molecule has 0 atom stereocenters. The van der Waals surface area contributed by atoms with Crippen molar-refractivity contribution in [1.82, 2.24) is 23.9 Å². The minimum atomic E-state index is -4.67. The molecule has 0 radical (unpaired) electrons. The normalized spacial score (nSPS) is 13.3. The lowest BCUT2D eigenvalue weighted by atomic mass is 10.2. The average Bonchev–Trinajstić information content (AvgIpc) is 3.23. The number of halogens is 6.